The Labute approximate surface area is 197 Å². The third-order valence-corrected chi connectivity index (χ3v) is 6.33. The van der Waals surface area contributed by atoms with Crippen LogP contribution in [0.4, 0.5) is 0 Å². The van der Waals surface area contributed by atoms with Crippen LogP contribution in [0.2, 0.25) is 0 Å². The zero-order valence-corrected chi connectivity index (χ0v) is 19.7. The molecular weight excluding hydrogens is 415 g/mol. The van der Waals surface area contributed by atoms with Gasteiger partial charge in [0.05, 0.1) is 26.9 Å². The van der Waals surface area contributed by atoms with Crippen molar-refractivity contribution in [2.75, 3.05) is 27.9 Å². The predicted molar refractivity (Wildman–Crippen MR) is 131 cm³/mol. The SMILES string of the molecule is B[C@H]1C[C@@H](OC)[C@@H](COC(c2ccccc2)(c2ccc(OC)cc2)c2ccc(OC)cc2)O1. The molecule has 3 atom stereocenters. The average Bonchev–Trinajstić information content (AvgIpc) is 3.25. The molecule has 1 aliphatic heterocycles. The van der Waals surface area contributed by atoms with Crippen LogP contribution in [0, 0.1) is 0 Å². The first kappa shape index (κ1) is 23.4. The lowest BCUT2D eigenvalue weighted by atomic mass is 9.80. The maximum absolute atomic E-state index is 6.91. The van der Waals surface area contributed by atoms with Crippen molar-refractivity contribution in [2.24, 2.45) is 0 Å². The van der Waals surface area contributed by atoms with Crippen LogP contribution in [0.5, 0.6) is 11.5 Å². The van der Waals surface area contributed by atoms with E-state index in [0.29, 0.717) is 6.61 Å². The molecule has 3 aromatic rings. The lowest BCUT2D eigenvalue weighted by molar-refractivity contribution is -0.0804. The first-order valence-corrected chi connectivity index (χ1v) is 11.3. The van der Waals surface area contributed by atoms with Gasteiger partial charge >= 0.3 is 0 Å². The summed E-state index contributed by atoms with van der Waals surface area (Å²) >= 11 is 0. The summed E-state index contributed by atoms with van der Waals surface area (Å²) in [6.45, 7) is 0.385. The number of hydrogen-bond acceptors (Lipinski definition) is 5. The zero-order chi connectivity index (χ0) is 23.3. The van der Waals surface area contributed by atoms with Gasteiger partial charge in [-0.25, -0.2) is 0 Å². The number of methoxy groups -OCH3 is 3. The summed E-state index contributed by atoms with van der Waals surface area (Å²) in [6, 6.07) is 26.5. The summed E-state index contributed by atoms with van der Waals surface area (Å²) in [5.74, 6) is 1.59. The van der Waals surface area contributed by atoms with E-state index in [1.54, 1.807) is 21.3 Å². The van der Waals surface area contributed by atoms with Crippen LogP contribution in [0.25, 0.3) is 0 Å². The summed E-state index contributed by atoms with van der Waals surface area (Å²) in [7, 11) is 7.14. The van der Waals surface area contributed by atoms with Gasteiger partial charge in [-0.2, -0.15) is 0 Å². The molecule has 33 heavy (non-hydrogen) atoms. The first-order valence-electron chi connectivity index (χ1n) is 11.3. The van der Waals surface area contributed by atoms with E-state index in [2.05, 4.69) is 44.2 Å². The maximum Gasteiger partial charge on any atom is 0.143 e. The Morgan fingerprint density at radius 2 is 1.30 bits per heavy atom. The zero-order valence-electron chi connectivity index (χ0n) is 19.7. The molecule has 0 unspecified atom stereocenters. The highest BCUT2D eigenvalue weighted by Crippen LogP contribution is 2.42. The predicted octanol–water partition coefficient (Wildman–Crippen LogP) is 3.78. The monoisotopic (exact) mass is 446 g/mol. The molecule has 1 heterocycles. The van der Waals surface area contributed by atoms with Crippen LogP contribution in [0.3, 0.4) is 0 Å². The standard InChI is InChI=1S/C27H31BO5/c1-29-22-13-9-20(10-14-22)27(19-7-5-4-6-8-19,21-11-15-23(30-2)16-12-21)32-18-25-24(31-3)17-26(28)33-25/h4-16,24-26H,17-18,28H2,1-3H3/t24-,25-,26-/m1/s1. The molecular formula is C27H31BO5. The van der Waals surface area contributed by atoms with Crippen LogP contribution in [-0.4, -0.2) is 54.0 Å². The van der Waals surface area contributed by atoms with E-state index in [1.165, 1.54) is 0 Å². The van der Waals surface area contributed by atoms with Crippen LogP contribution in [0.1, 0.15) is 23.1 Å². The van der Waals surface area contributed by atoms with Crippen molar-refractivity contribution in [3.05, 3.63) is 95.6 Å². The largest absolute Gasteiger partial charge is 0.497 e. The summed E-state index contributed by atoms with van der Waals surface area (Å²) in [4.78, 5) is 0. The van der Waals surface area contributed by atoms with Gasteiger partial charge in [0.1, 0.15) is 31.1 Å². The van der Waals surface area contributed by atoms with Crippen molar-refractivity contribution in [1.82, 2.24) is 0 Å². The summed E-state index contributed by atoms with van der Waals surface area (Å²) in [6.07, 6.45) is 0.707. The fraction of sp³-hybridized carbons (Fsp3) is 0.333. The molecule has 0 spiro atoms. The normalized spacial score (nSPS) is 20.5. The van der Waals surface area contributed by atoms with Gasteiger partial charge in [0.15, 0.2) is 0 Å². The van der Waals surface area contributed by atoms with Crippen LogP contribution < -0.4 is 9.47 Å². The molecule has 0 amide bonds. The molecule has 0 aliphatic carbocycles. The van der Waals surface area contributed by atoms with E-state index in [0.717, 1.165) is 34.6 Å². The lowest BCUT2D eigenvalue weighted by Crippen LogP contribution is -2.38. The van der Waals surface area contributed by atoms with E-state index >= 15 is 0 Å². The van der Waals surface area contributed by atoms with E-state index in [-0.39, 0.29) is 18.2 Å². The fourth-order valence-electron chi connectivity index (χ4n) is 4.60. The number of hydrogen-bond donors (Lipinski definition) is 0. The molecule has 1 saturated heterocycles. The molecule has 0 aromatic heterocycles. The Morgan fingerprint density at radius 3 is 1.79 bits per heavy atom. The van der Waals surface area contributed by atoms with Gasteiger partial charge in [-0.1, -0.05) is 54.6 Å². The molecule has 0 radical (unpaired) electrons. The van der Waals surface area contributed by atoms with Crippen LogP contribution >= 0.6 is 0 Å². The third-order valence-electron chi connectivity index (χ3n) is 6.33. The van der Waals surface area contributed by atoms with Crippen LogP contribution in [-0.2, 0) is 19.8 Å². The molecule has 0 bridgehead atoms. The van der Waals surface area contributed by atoms with Gasteiger partial charge in [0.2, 0.25) is 0 Å². The van der Waals surface area contributed by atoms with Crippen molar-refractivity contribution in [3.8, 4) is 11.5 Å². The molecule has 3 aromatic carbocycles. The van der Waals surface area contributed by atoms with Gasteiger partial charge in [0, 0.05) is 13.1 Å². The minimum atomic E-state index is -0.854. The van der Waals surface area contributed by atoms with Crippen molar-refractivity contribution >= 4 is 7.85 Å². The second kappa shape index (κ2) is 10.4. The van der Waals surface area contributed by atoms with Crippen molar-refractivity contribution in [3.63, 3.8) is 0 Å². The Bertz CT molecular complexity index is 959. The van der Waals surface area contributed by atoms with Crippen molar-refractivity contribution in [2.45, 2.75) is 30.2 Å². The Hall–Kier alpha value is -2.80. The highest BCUT2D eigenvalue weighted by Gasteiger charge is 2.41. The molecule has 0 saturated carbocycles. The van der Waals surface area contributed by atoms with Gasteiger partial charge in [-0.15, -0.1) is 0 Å². The summed E-state index contributed by atoms with van der Waals surface area (Å²) in [5, 5.41) is 0. The smallest absolute Gasteiger partial charge is 0.143 e. The molecule has 4 rings (SSSR count). The highest BCUT2D eigenvalue weighted by atomic mass is 16.6. The first-order chi connectivity index (χ1) is 16.1. The summed E-state index contributed by atoms with van der Waals surface area (Å²) in [5.41, 5.74) is 2.17. The Kier molecular flexibility index (Phi) is 7.38. The minimum absolute atomic E-state index is 0.000193. The highest BCUT2D eigenvalue weighted by molar-refractivity contribution is 6.11. The van der Waals surface area contributed by atoms with Crippen molar-refractivity contribution < 1.29 is 23.7 Å². The second-order valence-electron chi connectivity index (χ2n) is 8.31. The molecule has 172 valence electrons. The number of ether oxygens (including phenoxy) is 5. The van der Waals surface area contributed by atoms with Crippen LogP contribution in [0.15, 0.2) is 78.9 Å². The Morgan fingerprint density at radius 1 is 0.788 bits per heavy atom. The quantitative estimate of drug-likeness (QED) is 0.370. The Balaban J connectivity index is 1.83. The molecule has 6 heteroatoms. The molecule has 1 fully saturated rings. The summed E-state index contributed by atoms with van der Waals surface area (Å²) < 4.78 is 29.6. The molecule has 1 aliphatic rings. The van der Waals surface area contributed by atoms with Gasteiger partial charge < -0.3 is 23.7 Å². The minimum Gasteiger partial charge on any atom is -0.497 e. The van der Waals surface area contributed by atoms with Gasteiger partial charge in [-0.05, 0) is 47.4 Å². The maximum atomic E-state index is 6.91. The second-order valence-corrected chi connectivity index (χ2v) is 8.31. The van der Waals surface area contributed by atoms with E-state index < -0.39 is 5.60 Å². The lowest BCUT2D eigenvalue weighted by Gasteiger charge is -2.37. The van der Waals surface area contributed by atoms with Gasteiger partial charge in [-0.3, -0.25) is 0 Å². The molecule has 0 N–H and O–H groups in total. The molecule has 5 nitrogen and oxygen atoms in total. The number of rotatable bonds is 9. The average molecular weight is 446 g/mol. The third kappa shape index (κ3) is 4.79. The van der Waals surface area contributed by atoms with Gasteiger partial charge in [0.25, 0.3) is 0 Å². The van der Waals surface area contributed by atoms with E-state index in [1.807, 2.05) is 42.5 Å². The van der Waals surface area contributed by atoms with E-state index in [4.69, 9.17) is 23.7 Å². The number of benzene rings is 3. The van der Waals surface area contributed by atoms with E-state index in [9.17, 15) is 0 Å². The van der Waals surface area contributed by atoms with Crippen molar-refractivity contribution in [1.29, 1.82) is 0 Å². The fourth-order valence-corrected chi connectivity index (χ4v) is 4.60. The topological polar surface area (TPSA) is 46.2 Å².